The van der Waals surface area contributed by atoms with Gasteiger partial charge >= 0.3 is 0 Å². The van der Waals surface area contributed by atoms with Crippen LogP contribution in [0.2, 0.25) is 0 Å². The van der Waals surface area contributed by atoms with Gasteiger partial charge in [-0.15, -0.1) is 6.42 Å². The fourth-order valence-corrected chi connectivity index (χ4v) is 3.51. The number of amides is 1. The minimum atomic E-state index is -1.41. The lowest BCUT2D eigenvalue weighted by atomic mass is 10.1. The number of nitrogens with zero attached hydrogens (tertiary/aromatic N) is 2. The first-order valence-electron chi connectivity index (χ1n) is 15.1. The van der Waals surface area contributed by atoms with Crippen LogP contribution in [0.25, 0.3) is 0 Å². The van der Waals surface area contributed by atoms with Crippen LogP contribution in [-0.4, -0.2) is 64.3 Å². The summed E-state index contributed by atoms with van der Waals surface area (Å²) < 4.78 is 24.8. The van der Waals surface area contributed by atoms with Gasteiger partial charge in [0.25, 0.3) is 5.91 Å². The quantitative estimate of drug-likeness (QED) is 0.0651. The summed E-state index contributed by atoms with van der Waals surface area (Å²) in [6.45, 7) is 16.4. The molecular formula is C33H51FN4O6. The van der Waals surface area contributed by atoms with Gasteiger partial charge in [-0.1, -0.05) is 58.8 Å². The Hall–Kier alpha value is -3.85. The number of fused-ring (bicyclic) bond motifs is 1. The van der Waals surface area contributed by atoms with Gasteiger partial charge in [-0.05, 0) is 51.3 Å². The molecule has 0 fully saturated rings. The second-order valence-corrected chi connectivity index (χ2v) is 9.49. The molecule has 10 nitrogen and oxygen atoms in total. The van der Waals surface area contributed by atoms with Gasteiger partial charge in [-0.2, -0.15) is 0 Å². The molecule has 1 amide bonds. The molecule has 246 valence electrons. The van der Waals surface area contributed by atoms with E-state index in [0.29, 0.717) is 19.6 Å². The standard InChI is InChI=1S/C21H29FN4O5.C10H16O.C2H6/c1-4-15(22)8-5-6-9-23-20(29)16-12-26-17(19(28)18(16)27)21(30)25(13-24-26)10-7-11-31-14(2)3;1-4-7-8-9-11-10(5-2)6-3;1-2/h4-6,8,12,14,20,23-24,28-29H,1,7,9-11,13H2,2-3H3;2,8-10H,4,6-7H2,1,3H3;1-2H3/b6-5+,15-8+;9-8-;. The van der Waals surface area contributed by atoms with E-state index in [-0.39, 0.29) is 36.7 Å². The Bertz CT molecular complexity index is 1190. The van der Waals surface area contributed by atoms with E-state index in [0.717, 1.165) is 25.3 Å². The smallest absolute Gasteiger partial charge is 0.277 e. The summed E-state index contributed by atoms with van der Waals surface area (Å²) in [5.41, 5.74) is 1.74. The van der Waals surface area contributed by atoms with Gasteiger partial charge in [-0.3, -0.25) is 19.6 Å². The van der Waals surface area contributed by atoms with Crippen LogP contribution < -0.4 is 16.2 Å². The van der Waals surface area contributed by atoms with Gasteiger partial charge in [-0.25, -0.2) is 4.39 Å². The summed E-state index contributed by atoms with van der Waals surface area (Å²) in [6, 6.07) is 0. The lowest BCUT2D eigenvalue weighted by molar-refractivity contribution is 0.0596. The van der Waals surface area contributed by atoms with Crippen molar-refractivity contribution in [1.29, 1.82) is 0 Å². The second kappa shape index (κ2) is 23.6. The van der Waals surface area contributed by atoms with Gasteiger partial charge in [0.2, 0.25) is 5.43 Å². The number of nitrogens with one attached hydrogen (secondary N) is 2. The number of carbonyl (C=O) groups excluding carboxylic acids is 1. The van der Waals surface area contributed by atoms with Crippen molar-refractivity contribution in [3.05, 3.63) is 76.7 Å². The number of ether oxygens (including phenoxy) is 2. The van der Waals surface area contributed by atoms with E-state index in [1.807, 2.05) is 40.7 Å². The number of hydrogen-bond acceptors (Lipinski definition) is 8. The number of aromatic hydroxyl groups is 1. The Morgan fingerprint density at radius 2 is 2.00 bits per heavy atom. The maximum absolute atomic E-state index is 12.9. The predicted molar refractivity (Wildman–Crippen MR) is 174 cm³/mol. The maximum Gasteiger partial charge on any atom is 0.277 e. The number of rotatable bonds is 16. The second-order valence-electron chi connectivity index (χ2n) is 9.49. The van der Waals surface area contributed by atoms with Crippen molar-refractivity contribution in [3.8, 4) is 18.1 Å². The Balaban J connectivity index is 0.00000120. The van der Waals surface area contributed by atoms with Gasteiger partial charge in [0.05, 0.1) is 17.9 Å². The molecule has 0 radical (unpaired) electrons. The number of aromatic nitrogens is 1. The Morgan fingerprint density at radius 3 is 2.59 bits per heavy atom. The van der Waals surface area contributed by atoms with Crippen molar-refractivity contribution in [3.63, 3.8) is 0 Å². The molecule has 0 spiro atoms. The monoisotopic (exact) mass is 618 g/mol. The van der Waals surface area contributed by atoms with E-state index >= 15 is 0 Å². The molecule has 1 aromatic rings. The molecule has 0 aromatic carbocycles. The summed E-state index contributed by atoms with van der Waals surface area (Å²) >= 11 is 0. The molecule has 44 heavy (non-hydrogen) atoms. The first-order valence-corrected chi connectivity index (χ1v) is 15.1. The number of allylic oxidation sites excluding steroid dienone is 5. The van der Waals surface area contributed by atoms with Crippen LogP contribution >= 0.6 is 0 Å². The zero-order chi connectivity index (χ0) is 33.5. The molecular weight excluding hydrogens is 567 g/mol. The van der Waals surface area contributed by atoms with E-state index in [2.05, 4.69) is 30.2 Å². The van der Waals surface area contributed by atoms with Crippen molar-refractivity contribution >= 4 is 5.91 Å². The predicted octanol–water partition coefficient (Wildman–Crippen LogP) is 5.26. The van der Waals surface area contributed by atoms with Crippen LogP contribution in [0.5, 0.6) is 5.75 Å². The van der Waals surface area contributed by atoms with Crippen molar-refractivity contribution in [2.24, 2.45) is 0 Å². The van der Waals surface area contributed by atoms with Crippen LogP contribution in [0, 0.1) is 12.3 Å². The van der Waals surface area contributed by atoms with Crippen molar-refractivity contribution in [2.75, 3.05) is 31.8 Å². The molecule has 2 atom stereocenters. The van der Waals surface area contributed by atoms with Gasteiger partial charge in [0.1, 0.15) is 18.7 Å². The number of pyridine rings is 1. The number of hydrogen-bond donors (Lipinski definition) is 4. The highest BCUT2D eigenvalue weighted by molar-refractivity contribution is 5.96. The minimum Gasteiger partial charge on any atom is -0.502 e. The fraction of sp³-hybridized carbons (Fsp3) is 0.515. The summed E-state index contributed by atoms with van der Waals surface area (Å²) in [5.74, 6) is 0.808. The number of terminal acetylenes is 1. The van der Waals surface area contributed by atoms with Crippen LogP contribution in [-0.2, 0) is 9.47 Å². The topological polar surface area (TPSA) is 125 Å². The summed E-state index contributed by atoms with van der Waals surface area (Å²) in [4.78, 5) is 26.7. The molecule has 4 N–H and O–H groups in total. The molecule has 1 aliphatic rings. The largest absolute Gasteiger partial charge is 0.502 e. The van der Waals surface area contributed by atoms with E-state index in [1.165, 1.54) is 34.0 Å². The SMILES string of the molecule is C#CC(CC)O/C=C\CCC.C=C/C(F)=C\C=C\CNC(O)c1cn2c(c(O)c1=O)C(=O)N(CCCOC(C)C)CN2.CC. The summed E-state index contributed by atoms with van der Waals surface area (Å²) in [7, 11) is 0. The van der Waals surface area contributed by atoms with Crippen molar-refractivity contribution in [2.45, 2.75) is 85.7 Å². The van der Waals surface area contributed by atoms with E-state index < -0.39 is 29.1 Å². The normalized spacial score (nSPS) is 14.1. The Kier molecular flexibility index (Phi) is 21.5. The minimum absolute atomic E-state index is 0.0527. The first-order chi connectivity index (χ1) is 21.1. The Morgan fingerprint density at radius 1 is 1.30 bits per heavy atom. The lowest BCUT2D eigenvalue weighted by Gasteiger charge is -2.32. The number of unbranched alkanes of at least 4 members (excludes halogenated alkanes) is 1. The zero-order valence-corrected chi connectivity index (χ0v) is 27.0. The number of carbonyl (C=O) groups is 1. The highest BCUT2D eigenvalue weighted by Crippen LogP contribution is 2.20. The molecule has 0 bridgehead atoms. The molecule has 2 heterocycles. The third-order valence-electron chi connectivity index (χ3n) is 5.82. The third-order valence-corrected chi connectivity index (χ3v) is 5.82. The summed E-state index contributed by atoms with van der Waals surface area (Å²) in [6.07, 6.45) is 17.7. The highest BCUT2D eigenvalue weighted by atomic mass is 19.1. The fourth-order valence-electron chi connectivity index (χ4n) is 3.51. The molecule has 11 heteroatoms. The van der Waals surface area contributed by atoms with Crippen LogP contribution in [0.4, 0.5) is 4.39 Å². The average molecular weight is 619 g/mol. The Labute approximate surface area is 261 Å². The number of aliphatic hydroxyl groups excluding tert-OH is 1. The third kappa shape index (κ3) is 14.6. The molecule has 0 saturated carbocycles. The zero-order valence-electron chi connectivity index (χ0n) is 27.0. The van der Waals surface area contributed by atoms with Crippen molar-refractivity contribution in [1.82, 2.24) is 14.9 Å². The highest BCUT2D eigenvalue weighted by Gasteiger charge is 2.30. The van der Waals surface area contributed by atoms with Crippen LogP contribution in [0.3, 0.4) is 0 Å². The van der Waals surface area contributed by atoms with Crippen LogP contribution in [0.1, 0.15) is 89.5 Å². The lowest BCUT2D eigenvalue weighted by Crippen LogP contribution is -2.47. The van der Waals surface area contributed by atoms with E-state index in [9.17, 15) is 24.2 Å². The molecule has 0 aliphatic carbocycles. The van der Waals surface area contributed by atoms with Gasteiger partial charge in [0.15, 0.2) is 17.5 Å². The van der Waals surface area contributed by atoms with Crippen molar-refractivity contribution < 1.29 is 28.9 Å². The first kappa shape index (κ1) is 40.1. The van der Waals surface area contributed by atoms with Gasteiger partial charge < -0.3 is 30.0 Å². The molecule has 2 unspecified atom stereocenters. The van der Waals surface area contributed by atoms with E-state index in [4.69, 9.17) is 15.9 Å². The number of aliphatic hydroxyl groups is 1. The number of halogens is 1. The molecule has 1 aliphatic heterocycles. The molecule has 1 aromatic heterocycles. The molecule has 2 rings (SSSR count). The molecule has 0 saturated heterocycles. The summed E-state index contributed by atoms with van der Waals surface area (Å²) in [5, 5.41) is 23.3. The van der Waals surface area contributed by atoms with Gasteiger partial charge in [0, 0.05) is 25.9 Å². The average Bonchev–Trinajstić information content (AvgIpc) is 3.02. The van der Waals surface area contributed by atoms with Crippen LogP contribution in [0.15, 0.2) is 60.0 Å². The maximum atomic E-state index is 12.9. The van der Waals surface area contributed by atoms with E-state index in [1.54, 1.807) is 6.26 Å².